The Balaban J connectivity index is 3.29. The fourth-order valence-electron chi connectivity index (χ4n) is 0.942. The summed E-state index contributed by atoms with van der Waals surface area (Å²) in [6.45, 7) is 1.68. The number of phenolic OH excluding ortho intramolecular Hbond substituents is 1. The van der Waals surface area contributed by atoms with Gasteiger partial charge in [-0.15, -0.1) is 0 Å². The van der Waals surface area contributed by atoms with Gasteiger partial charge < -0.3 is 16.0 Å². The third-order valence-corrected chi connectivity index (χ3v) is 1.95. The number of hydrogen-bond acceptors (Lipinski definition) is 3. The van der Waals surface area contributed by atoms with Crippen LogP contribution >= 0.6 is 11.6 Å². The Labute approximate surface area is 80.2 Å². The largest absolute Gasteiger partial charge is 0.506 e. The Kier molecular flexibility index (Phi) is 2.63. The number of oxime groups is 1. The number of halogens is 1. The fourth-order valence-corrected chi connectivity index (χ4v) is 1.21. The number of rotatable bonds is 1. The van der Waals surface area contributed by atoms with Gasteiger partial charge in [-0.05, 0) is 24.6 Å². The van der Waals surface area contributed by atoms with Crippen LogP contribution < -0.4 is 5.73 Å². The first-order valence-electron chi connectivity index (χ1n) is 3.53. The van der Waals surface area contributed by atoms with Gasteiger partial charge in [0.05, 0.1) is 5.02 Å². The summed E-state index contributed by atoms with van der Waals surface area (Å²) in [6, 6.07) is 3.01. The Morgan fingerprint density at radius 3 is 2.62 bits per heavy atom. The zero-order valence-electron chi connectivity index (χ0n) is 6.95. The third kappa shape index (κ3) is 1.84. The molecule has 0 radical (unpaired) electrons. The summed E-state index contributed by atoms with van der Waals surface area (Å²) in [5, 5.41) is 20.7. The molecule has 0 aliphatic rings. The summed E-state index contributed by atoms with van der Waals surface area (Å²) < 4.78 is 0. The van der Waals surface area contributed by atoms with Crippen molar-refractivity contribution in [1.82, 2.24) is 0 Å². The fraction of sp³-hybridized carbons (Fsp3) is 0.125. The summed E-state index contributed by atoms with van der Waals surface area (Å²) in [4.78, 5) is 0. The van der Waals surface area contributed by atoms with Crippen LogP contribution in [-0.2, 0) is 0 Å². The predicted molar refractivity (Wildman–Crippen MR) is 50.4 cm³/mol. The van der Waals surface area contributed by atoms with Crippen molar-refractivity contribution in [2.45, 2.75) is 6.92 Å². The number of benzene rings is 1. The van der Waals surface area contributed by atoms with E-state index in [2.05, 4.69) is 5.16 Å². The van der Waals surface area contributed by atoms with E-state index in [1.807, 2.05) is 0 Å². The van der Waals surface area contributed by atoms with E-state index in [0.29, 0.717) is 11.1 Å². The minimum atomic E-state index is -0.0370. The average molecular weight is 201 g/mol. The standard InChI is InChI=1S/C8H9ClN2O2/c1-4-2-5(8(10)11-13)3-6(9)7(4)12/h2-3,12-13H,1H3,(H2,10,11). The van der Waals surface area contributed by atoms with Crippen molar-refractivity contribution in [2.75, 3.05) is 0 Å². The van der Waals surface area contributed by atoms with Gasteiger partial charge in [0, 0.05) is 5.56 Å². The molecular formula is C8H9ClN2O2. The van der Waals surface area contributed by atoms with Crippen molar-refractivity contribution < 1.29 is 10.3 Å². The topological polar surface area (TPSA) is 78.8 Å². The van der Waals surface area contributed by atoms with Gasteiger partial charge in [0.1, 0.15) is 5.75 Å². The van der Waals surface area contributed by atoms with Gasteiger partial charge in [-0.1, -0.05) is 16.8 Å². The molecule has 70 valence electrons. The first-order valence-corrected chi connectivity index (χ1v) is 3.91. The number of nitrogens with two attached hydrogens (primary N) is 1. The second-order valence-electron chi connectivity index (χ2n) is 2.61. The van der Waals surface area contributed by atoms with E-state index in [1.54, 1.807) is 13.0 Å². The molecule has 1 aromatic rings. The van der Waals surface area contributed by atoms with Crippen molar-refractivity contribution >= 4 is 17.4 Å². The van der Waals surface area contributed by atoms with Crippen LogP contribution in [0.5, 0.6) is 5.75 Å². The first-order chi connectivity index (χ1) is 6.06. The molecular weight excluding hydrogens is 192 g/mol. The van der Waals surface area contributed by atoms with Gasteiger partial charge in [-0.25, -0.2) is 0 Å². The van der Waals surface area contributed by atoms with Gasteiger partial charge in [0.2, 0.25) is 0 Å². The van der Waals surface area contributed by atoms with Gasteiger partial charge >= 0.3 is 0 Å². The second kappa shape index (κ2) is 3.53. The summed E-state index contributed by atoms with van der Waals surface area (Å²) in [5.74, 6) is -0.0267. The quantitative estimate of drug-likeness (QED) is 0.278. The van der Waals surface area contributed by atoms with Crippen LogP contribution in [0, 0.1) is 6.92 Å². The number of phenols is 1. The van der Waals surface area contributed by atoms with Crippen LogP contribution in [0.2, 0.25) is 5.02 Å². The highest BCUT2D eigenvalue weighted by Crippen LogP contribution is 2.28. The molecule has 0 amide bonds. The molecule has 0 saturated carbocycles. The van der Waals surface area contributed by atoms with Crippen LogP contribution in [-0.4, -0.2) is 16.1 Å². The lowest BCUT2D eigenvalue weighted by molar-refractivity contribution is 0.318. The van der Waals surface area contributed by atoms with Gasteiger partial charge in [0.25, 0.3) is 0 Å². The zero-order valence-corrected chi connectivity index (χ0v) is 7.71. The molecule has 0 aromatic heterocycles. The molecule has 0 unspecified atom stereocenters. The highest BCUT2D eigenvalue weighted by Gasteiger charge is 2.07. The van der Waals surface area contributed by atoms with Crippen LogP contribution in [0.3, 0.4) is 0 Å². The molecule has 0 atom stereocenters. The normalized spacial score (nSPS) is 11.7. The zero-order chi connectivity index (χ0) is 10.0. The number of aryl methyl sites for hydroxylation is 1. The van der Waals surface area contributed by atoms with Gasteiger partial charge in [-0.2, -0.15) is 0 Å². The molecule has 0 aliphatic carbocycles. The summed E-state index contributed by atoms with van der Waals surface area (Å²) in [7, 11) is 0. The molecule has 0 fully saturated rings. The lowest BCUT2D eigenvalue weighted by Crippen LogP contribution is -2.13. The van der Waals surface area contributed by atoms with Crippen LogP contribution in [0.4, 0.5) is 0 Å². The highest BCUT2D eigenvalue weighted by atomic mass is 35.5. The summed E-state index contributed by atoms with van der Waals surface area (Å²) in [6.07, 6.45) is 0. The van der Waals surface area contributed by atoms with Crippen molar-refractivity contribution in [2.24, 2.45) is 10.9 Å². The molecule has 5 heteroatoms. The minimum Gasteiger partial charge on any atom is -0.506 e. The predicted octanol–water partition coefficient (Wildman–Crippen LogP) is 1.45. The Hall–Kier alpha value is -1.42. The summed E-state index contributed by atoms with van der Waals surface area (Å²) >= 11 is 5.68. The third-order valence-electron chi connectivity index (χ3n) is 1.66. The first kappa shape index (κ1) is 9.67. The van der Waals surface area contributed by atoms with E-state index in [0.717, 1.165) is 0 Å². The number of amidine groups is 1. The number of hydrogen-bond donors (Lipinski definition) is 3. The highest BCUT2D eigenvalue weighted by molar-refractivity contribution is 6.32. The number of aromatic hydroxyl groups is 1. The second-order valence-corrected chi connectivity index (χ2v) is 3.02. The van der Waals surface area contributed by atoms with E-state index in [4.69, 9.17) is 22.5 Å². The molecule has 0 spiro atoms. The Morgan fingerprint density at radius 1 is 1.54 bits per heavy atom. The smallest absolute Gasteiger partial charge is 0.170 e. The SMILES string of the molecule is Cc1cc(/C(N)=N/O)cc(Cl)c1O. The molecule has 4 nitrogen and oxygen atoms in total. The maximum atomic E-state index is 9.31. The van der Waals surface area contributed by atoms with E-state index in [-0.39, 0.29) is 16.6 Å². The van der Waals surface area contributed by atoms with Crippen molar-refractivity contribution in [3.63, 3.8) is 0 Å². The van der Waals surface area contributed by atoms with Crippen molar-refractivity contribution in [1.29, 1.82) is 0 Å². The molecule has 0 aliphatic heterocycles. The molecule has 1 rings (SSSR count). The minimum absolute atomic E-state index is 0.0103. The van der Waals surface area contributed by atoms with Crippen LogP contribution in [0.25, 0.3) is 0 Å². The molecule has 0 bridgehead atoms. The van der Waals surface area contributed by atoms with Crippen molar-refractivity contribution in [3.8, 4) is 5.75 Å². The van der Waals surface area contributed by atoms with E-state index in [1.165, 1.54) is 6.07 Å². The van der Waals surface area contributed by atoms with E-state index < -0.39 is 0 Å². The monoisotopic (exact) mass is 200 g/mol. The van der Waals surface area contributed by atoms with E-state index >= 15 is 0 Å². The average Bonchev–Trinajstić information content (AvgIpc) is 2.12. The van der Waals surface area contributed by atoms with Gasteiger partial charge in [0.15, 0.2) is 5.84 Å². The molecule has 13 heavy (non-hydrogen) atoms. The van der Waals surface area contributed by atoms with Gasteiger partial charge in [-0.3, -0.25) is 0 Å². The van der Waals surface area contributed by atoms with Crippen LogP contribution in [0.15, 0.2) is 17.3 Å². The Bertz CT molecular complexity index is 340. The van der Waals surface area contributed by atoms with Crippen LogP contribution in [0.1, 0.15) is 11.1 Å². The maximum absolute atomic E-state index is 9.31. The molecule has 0 heterocycles. The Morgan fingerprint density at radius 2 is 2.15 bits per heavy atom. The molecule has 0 saturated heterocycles. The summed E-state index contributed by atoms with van der Waals surface area (Å²) in [5.41, 5.74) is 6.39. The maximum Gasteiger partial charge on any atom is 0.170 e. The van der Waals surface area contributed by atoms with Crippen molar-refractivity contribution in [3.05, 3.63) is 28.3 Å². The van der Waals surface area contributed by atoms with E-state index in [9.17, 15) is 5.11 Å². The number of nitrogens with zero attached hydrogens (tertiary/aromatic N) is 1. The molecule has 1 aromatic carbocycles. The lowest BCUT2D eigenvalue weighted by atomic mass is 10.1. The molecule has 4 N–H and O–H groups in total. The lowest BCUT2D eigenvalue weighted by Gasteiger charge is -2.04.